The van der Waals surface area contributed by atoms with E-state index in [1.54, 1.807) is 6.07 Å². The fourth-order valence-electron chi connectivity index (χ4n) is 3.96. The van der Waals surface area contributed by atoms with E-state index in [9.17, 15) is 4.39 Å². The van der Waals surface area contributed by atoms with Crippen molar-refractivity contribution < 1.29 is 4.39 Å². The van der Waals surface area contributed by atoms with Gasteiger partial charge in [0.2, 0.25) is 0 Å². The average Bonchev–Trinajstić information content (AvgIpc) is 2.71. The third-order valence-corrected chi connectivity index (χ3v) is 5.90. The van der Waals surface area contributed by atoms with Gasteiger partial charge in [0, 0.05) is 17.0 Å². The van der Waals surface area contributed by atoms with Crippen molar-refractivity contribution in [2.24, 2.45) is 11.8 Å². The Labute approximate surface area is 164 Å². The summed E-state index contributed by atoms with van der Waals surface area (Å²) in [6, 6.07) is 13.7. The van der Waals surface area contributed by atoms with E-state index in [0.717, 1.165) is 23.5 Å². The maximum absolute atomic E-state index is 14.6. The number of hydrogen-bond donors (Lipinski definition) is 0. The van der Waals surface area contributed by atoms with Crippen molar-refractivity contribution in [2.75, 3.05) is 0 Å². The summed E-state index contributed by atoms with van der Waals surface area (Å²) in [5.41, 5.74) is 3.70. The number of rotatable bonds is 5. The summed E-state index contributed by atoms with van der Waals surface area (Å²) in [5.74, 6) is 7.77. The van der Waals surface area contributed by atoms with Crippen LogP contribution in [-0.4, -0.2) is 0 Å². The summed E-state index contributed by atoms with van der Waals surface area (Å²) in [7, 11) is 0. The molecule has 2 aromatic carbocycles. The number of aryl methyl sites for hydroxylation is 1. The molecule has 0 atom stereocenters. The lowest BCUT2D eigenvalue weighted by Gasteiger charge is -2.24. The summed E-state index contributed by atoms with van der Waals surface area (Å²) in [6.45, 7) is 4.48. The quantitative estimate of drug-likeness (QED) is 0.486. The zero-order valence-electron chi connectivity index (χ0n) is 16.7. The van der Waals surface area contributed by atoms with Crippen molar-refractivity contribution in [1.82, 2.24) is 0 Å². The van der Waals surface area contributed by atoms with E-state index >= 15 is 0 Å². The molecule has 0 spiro atoms. The van der Waals surface area contributed by atoms with Crippen LogP contribution in [0.2, 0.25) is 0 Å². The van der Waals surface area contributed by atoms with Crippen molar-refractivity contribution in [1.29, 1.82) is 0 Å². The van der Waals surface area contributed by atoms with Crippen LogP contribution in [0, 0.1) is 29.5 Å². The molecule has 2 aromatic rings. The second-order valence-corrected chi connectivity index (χ2v) is 7.89. The lowest BCUT2D eigenvalue weighted by molar-refractivity contribution is 0.309. The Morgan fingerprint density at radius 2 is 1.70 bits per heavy atom. The normalized spacial score (nSPS) is 19.4. The number of unbranched alkanes of at least 4 members (excludes halogenated alkanes) is 1. The number of benzene rings is 2. The van der Waals surface area contributed by atoms with Crippen LogP contribution in [0.15, 0.2) is 42.5 Å². The second kappa shape index (κ2) is 9.75. The van der Waals surface area contributed by atoms with Gasteiger partial charge in [-0.1, -0.05) is 68.9 Å². The van der Waals surface area contributed by atoms with Gasteiger partial charge >= 0.3 is 0 Å². The molecule has 1 aliphatic carbocycles. The molecule has 142 valence electrons. The zero-order valence-corrected chi connectivity index (χ0v) is 16.7. The first-order valence-electron chi connectivity index (χ1n) is 10.6. The summed E-state index contributed by atoms with van der Waals surface area (Å²) in [4.78, 5) is 0. The lowest BCUT2D eigenvalue weighted by atomic mass is 9.81. The first-order chi connectivity index (χ1) is 13.2. The Morgan fingerprint density at radius 1 is 0.963 bits per heavy atom. The minimum Gasteiger partial charge on any atom is -0.206 e. The van der Waals surface area contributed by atoms with Gasteiger partial charge in [-0.15, -0.1) is 0 Å². The van der Waals surface area contributed by atoms with E-state index in [1.165, 1.54) is 50.5 Å². The molecule has 0 nitrogen and oxygen atoms in total. The van der Waals surface area contributed by atoms with Gasteiger partial charge in [-0.25, -0.2) is 4.39 Å². The zero-order chi connectivity index (χ0) is 19.1. The molecule has 0 heterocycles. The van der Waals surface area contributed by atoms with Crippen molar-refractivity contribution in [2.45, 2.75) is 65.2 Å². The van der Waals surface area contributed by atoms with Crippen LogP contribution < -0.4 is 0 Å². The number of halogens is 1. The smallest absolute Gasteiger partial charge is 0.132 e. The minimum atomic E-state index is -0.183. The summed E-state index contributed by atoms with van der Waals surface area (Å²) in [5, 5.41) is 0. The Bertz CT molecular complexity index is 783. The SMILES string of the molecule is CCCCc1ccc(-c2ccc(C#CC3CCC(CC)CC3)cc2F)cc1. The molecule has 1 saturated carbocycles. The predicted octanol–water partition coefficient (Wildman–Crippen LogP) is 7.40. The molecule has 0 unspecified atom stereocenters. The Morgan fingerprint density at radius 3 is 2.33 bits per heavy atom. The Hall–Kier alpha value is -2.07. The summed E-state index contributed by atoms with van der Waals surface area (Å²) >= 11 is 0. The van der Waals surface area contributed by atoms with Gasteiger partial charge in [-0.2, -0.15) is 0 Å². The van der Waals surface area contributed by atoms with Crippen LogP contribution in [-0.2, 0) is 6.42 Å². The van der Waals surface area contributed by atoms with Crippen molar-refractivity contribution in [3.8, 4) is 23.0 Å². The van der Waals surface area contributed by atoms with Crippen LogP contribution in [0.25, 0.3) is 11.1 Å². The third-order valence-electron chi connectivity index (χ3n) is 5.90. The van der Waals surface area contributed by atoms with E-state index in [-0.39, 0.29) is 5.82 Å². The highest BCUT2D eigenvalue weighted by atomic mass is 19.1. The van der Waals surface area contributed by atoms with Gasteiger partial charge in [0.05, 0.1) is 0 Å². The molecule has 0 amide bonds. The van der Waals surface area contributed by atoms with Crippen molar-refractivity contribution in [3.05, 3.63) is 59.4 Å². The van der Waals surface area contributed by atoms with Gasteiger partial charge < -0.3 is 0 Å². The van der Waals surface area contributed by atoms with E-state index in [4.69, 9.17) is 0 Å². The van der Waals surface area contributed by atoms with Crippen LogP contribution in [0.5, 0.6) is 0 Å². The molecular formula is C26H31F. The van der Waals surface area contributed by atoms with Crippen molar-refractivity contribution in [3.63, 3.8) is 0 Å². The van der Waals surface area contributed by atoms with Crippen LogP contribution in [0.1, 0.15) is 69.9 Å². The molecule has 3 rings (SSSR count). The largest absolute Gasteiger partial charge is 0.206 e. The van der Waals surface area contributed by atoms with Crippen LogP contribution in [0.4, 0.5) is 4.39 Å². The molecule has 0 radical (unpaired) electrons. The summed E-state index contributed by atoms with van der Waals surface area (Å²) in [6.07, 6.45) is 9.72. The van der Waals surface area contributed by atoms with E-state index in [1.807, 2.05) is 24.3 Å². The molecule has 0 saturated heterocycles. The maximum atomic E-state index is 14.6. The second-order valence-electron chi connectivity index (χ2n) is 7.89. The number of hydrogen-bond acceptors (Lipinski definition) is 0. The van der Waals surface area contributed by atoms with Crippen LogP contribution in [0.3, 0.4) is 0 Å². The molecular weight excluding hydrogens is 331 g/mol. The Kier molecular flexibility index (Phi) is 7.11. The topological polar surface area (TPSA) is 0 Å². The van der Waals surface area contributed by atoms with Crippen molar-refractivity contribution >= 4 is 0 Å². The summed E-state index contributed by atoms with van der Waals surface area (Å²) < 4.78 is 14.6. The first-order valence-corrected chi connectivity index (χ1v) is 10.6. The average molecular weight is 363 g/mol. The van der Waals surface area contributed by atoms with Gasteiger partial charge in [0.25, 0.3) is 0 Å². The standard InChI is InChI=1S/C26H31F/c1-3-5-6-21-13-16-24(17-14-21)25-18-15-23(19-26(25)27)12-11-22-9-7-20(4-2)8-10-22/h13-20,22H,3-10H2,1-2H3. The minimum absolute atomic E-state index is 0.183. The third kappa shape index (κ3) is 5.46. The highest BCUT2D eigenvalue weighted by Gasteiger charge is 2.18. The van der Waals surface area contributed by atoms with Crippen LogP contribution >= 0.6 is 0 Å². The molecule has 27 heavy (non-hydrogen) atoms. The van der Waals surface area contributed by atoms with E-state index in [0.29, 0.717) is 11.5 Å². The molecule has 1 fully saturated rings. The molecule has 0 N–H and O–H groups in total. The monoisotopic (exact) mass is 362 g/mol. The Balaban J connectivity index is 1.67. The fourth-order valence-corrected chi connectivity index (χ4v) is 3.96. The predicted molar refractivity (Wildman–Crippen MR) is 113 cm³/mol. The highest BCUT2D eigenvalue weighted by molar-refractivity contribution is 5.65. The first kappa shape index (κ1) is 19.7. The highest BCUT2D eigenvalue weighted by Crippen LogP contribution is 2.30. The molecule has 0 aliphatic heterocycles. The maximum Gasteiger partial charge on any atom is 0.132 e. The molecule has 0 aromatic heterocycles. The van der Waals surface area contributed by atoms with E-state index in [2.05, 4.69) is 37.8 Å². The fraction of sp³-hybridized carbons (Fsp3) is 0.462. The van der Waals surface area contributed by atoms with E-state index < -0.39 is 0 Å². The van der Waals surface area contributed by atoms with Gasteiger partial charge in [0.15, 0.2) is 0 Å². The molecule has 1 heteroatoms. The van der Waals surface area contributed by atoms with Gasteiger partial charge in [-0.3, -0.25) is 0 Å². The van der Waals surface area contributed by atoms with Gasteiger partial charge in [0.1, 0.15) is 5.82 Å². The van der Waals surface area contributed by atoms with Gasteiger partial charge in [-0.05, 0) is 67.7 Å². The lowest BCUT2D eigenvalue weighted by Crippen LogP contribution is -2.12. The molecule has 1 aliphatic rings. The molecule has 0 bridgehead atoms.